The first kappa shape index (κ1) is 12.1. The van der Waals surface area contributed by atoms with E-state index in [4.69, 9.17) is 0 Å². The fourth-order valence-corrected chi connectivity index (χ4v) is 2.44. The van der Waals surface area contributed by atoms with E-state index in [2.05, 4.69) is 29.4 Å². The van der Waals surface area contributed by atoms with Crippen LogP contribution >= 0.6 is 0 Å². The molecular formula is C12H20N4O. The highest BCUT2D eigenvalue weighted by molar-refractivity contribution is 5.92. The minimum Gasteiger partial charge on any atom is -0.337 e. The maximum Gasteiger partial charge on any atom is 0.271 e. The largest absolute Gasteiger partial charge is 0.337 e. The van der Waals surface area contributed by atoms with Gasteiger partial charge in [0.05, 0.1) is 0 Å². The molecule has 94 valence electrons. The average Bonchev–Trinajstić information content (AvgIpc) is 2.84. The standard InChI is InChI=1S/C12H20N4O/c1-3-13-10-5-7-16(8-9(10)2)12(17)11-4-6-14-15-11/h4,6,9-10,13H,3,5,7-8H2,1-2H3,(H,14,15). The van der Waals surface area contributed by atoms with E-state index in [1.807, 2.05) is 4.90 Å². The van der Waals surface area contributed by atoms with Gasteiger partial charge in [0.25, 0.3) is 5.91 Å². The number of amides is 1. The Balaban J connectivity index is 1.95. The molecule has 0 spiro atoms. The molecule has 5 nitrogen and oxygen atoms in total. The summed E-state index contributed by atoms with van der Waals surface area (Å²) >= 11 is 0. The number of H-pyrrole nitrogens is 1. The molecule has 0 aromatic carbocycles. The molecule has 1 aromatic rings. The third-order valence-corrected chi connectivity index (χ3v) is 3.39. The highest BCUT2D eigenvalue weighted by atomic mass is 16.2. The Kier molecular flexibility index (Phi) is 3.78. The number of carbonyl (C=O) groups is 1. The van der Waals surface area contributed by atoms with Crippen LogP contribution in [0.25, 0.3) is 0 Å². The van der Waals surface area contributed by atoms with Crippen LogP contribution in [-0.4, -0.2) is 46.7 Å². The topological polar surface area (TPSA) is 61.0 Å². The summed E-state index contributed by atoms with van der Waals surface area (Å²) in [5, 5.41) is 10.0. The average molecular weight is 236 g/mol. The summed E-state index contributed by atoms with van der Waals surface area (Å²) < 4.78 is 0. The van der Waals surface area contributed by atoms with Crippen LogP contribution in [-0.2, 0) is 0 Å². The van der Waals surface area contributed by atoms with Crippen LogP contribution in [0.2, 0.25) is 0 Å². The van der Waals surface area contributed by atoms with Crippen molar-refractivity contribution in [3.05, 3.63) is 18.0 Å². The van der Waals surface area contributed by atoms with Crippen LogP contribution in [0.3, 0.4) is 0 Å². The van der Waals surface area contributed by atoms with E-state index in [1.54, 1.807) is 12.3 Å². The van der Waals surface area contributed by atoms with E-state index in [9.17, 15) is 4.79 Å². The van der Waals surface area contributed by atoms with Gasteiger partial charge in [-0.1, -0.05) is 13.8 Å². The minimum atomic E-state index is 0.0595. The predicted octanol–water partition coefficient (Wildman–Crippen LogP) is 0.870. The van der Waals surface area contributed by atoms with Crippen molar-refractivity contribution in [2.75, 3.05) is 19.6 Å². The molecular weight excluding hydrogens is 216 g/mol. The molecule has 2 heterocycles. The first-order chi connectivity index (χ1) is 8.22. The molecule has 0 saturated carbocycles. The molecule has 1 aromatic heterocycles. The SMILES string of the molecule is CCNC1CCN(C(=O)c2ccn[nH]2)CC1C. The molecule has 2 atom stereocenters. The maximum atomic E-state index is 12.1. The summed E-state index contributed by atoms with van der Waals surface area (Å²) in [7, 11) is 0. The number of hydrogen-bond donors (Lipinski definition) is 2. The maximum absolute atomic E-state index is 12.1. The number of aromatic nitrogens is 2. The molecule has 0 radical (unpaired) electrons. The number of likely N-dealkylation sites (tertiary alicyclic amines) is 1. The first-order valence-corrected chi connectivity index (χ1v) is 6.24. The Bertz CT molecular complexity index is 363. The molecule has 0 aliphatic carbocycles. The van der Waals surface area contributed by atoms with Crippen LogP contribution in [0, 0.1) is 5.92 Å². The summed E-state index contributed by atoms with van der Waals surface area (Å²) in [6.45, 7) is 6.94. The Labute approximate surface area is 102 Å². The normalized spacial score (nSPS) is 24.9. The second-order valence-electron chi connectivity index (χ2n) is 4.65. The van der Waals surface area contributed by atoms with Crippen molar-refractivity contribution < 1.29 is 4.79 Å². The van der Waals surface area contributed by atoms with Crippen molar-refractivity contribution in [2.24, 2.45) is 5.92 Å². The number of nitrogens with zero attached hydrogens (tertiary/aromatic N) is 2. The molecule has 2 rings (SSSR count). The van der Waals surface area contributed by atoms with E-state index in [-0.39, 0.29) is 5.91 Å². The molecule has 1 amide bonds. The molecule has 1 aliphatic rings. The van der Waals surface area contributed by atoms with Gasteiger partial charge in [0, 0.05) is 25.3 Å². The van der Waals surface area contributed by atoms with Crippen molar-refractivity contribution in [3.8, 4) is 0 Å². The van der Waals surface area contributed by atoms with Crippen LogP contribution < -0.4 is 5.32 Å². The smallest absolute Gasteiger partial charge is 0.271 e. The lowest BCUT2D eigenvalue weighted by Crippen LogP contribution is -2.50. The molecule has 1 fully saturated rings. The van der Waals surface area contributed by atoms with Crippen LogP contribution in [0.4, 0.5) is 0 Å². The Morgan fingerprint density at radius 2 is 2.53 bits per heavy atom. The van der Waals surface area contributed by atoms with Crippen LogP contribution in [0.5, 0.6) is 0 Å². The third kappa shape index (κ3) is 2.66. The van der Waals surface area contributed by atoms with Crippen molar-refractivity contribution in [1.29, 1.82) is 0 Å². The summed E-state index contributed by atoms with van der Waals surface area (Å²) in [4.78, 5) is 14.0. The highest BCUT2D eigenvalue weighted by Gasteiger charge is 2.28. The number of hydrogen-bond acceptors (Lipinski definition) is 3. The molecule has 1 saturated heterocycles. The molecule has 1 aliphatic heterocycles. The van der Waals surface area contributed by atoms with Gasteiger partial charge in [0.15, 0.2) is 0 Å². The lowest BCUT2D eigenvalue weighted by atomic mass is 9.93. The van der Waals surface area contributed by atoms with E-state index >= 15 is 0 Å². The van der Waals surface area contributed by atoms with Gasteiger partial charge in [-0.2, -0.15) is 5.10 Å². The molecule has 17 heavy (non-hydrogen) atoms. The third-order valence-electron chi connectivity index (χ3n) is 3.39. The molecule has 2 N–H and O–H groups in total. The minimum absolute atomic E-state index is 0.0595. The van der Waals surface area contributed by atoms with Crippen molar-refractivity contribution in [2.45, 2.75) is 26.3 Å². The monoisotopic (exact) mass is 236 g/mol. The van der Waals surface area contributed by atoms with E-state index < -0.39 is 0 Å². The number of nitrogens with one attached hydrogen (secondary N) is 2. The van der Waals surface area contributed by atoms with E-state index in [1.165, 1.54) is 0 Å². The van der Waals surface area contributed by atoms with Gasteiger partial charge in [-0.25, -0.2) is 0 Å². The number of rotatable bonds is 3. The summed E-state index contributed by atoms with van der Waals surface area (Å²) in [5.74, 6) is 0.555. The van der Waals surface area contributed by atoms with Crippen LogP contribution in [0.15, 0.2) is 12.3 Å². The predicted molar refractivity (Wildman–Crippen MR) is 65.7 cm³/mol. The quantitative estimate of drug-likeness (QED) is 0.818. The van der Waals surface area contributed by atoms with Gasteiger partial charge in [0.1, 0.15) is 5.69 Å². The van der Waals surface area contributed by atoms with Crippen molar-refractivity contribution in [1.82, 2.24) is 20.4 Å². The number of carbonyl (C=O) groups excluding carboxylic acids is 1. The van der Waals surface area contributed by atoms with Gasteiger partial charge in [-0.3, -0.25) is 9.89 Å². The van der Waals surface area contributed by atoms with Gasteiger partial charge in [-0.05, 0) is 24.9 Å². The van der Waals surface area contributed by atoms with Crippen molar-refractivity contribution in [3.63, 3.8) is 0 Å². The zero-order valence-electron chi connectivity index (χ0n) is 10.4. The van der Waals surface area contributed by atoms with Gasteiger partial charge in [0.2, 0.25) is 0 Å². The summed E-state index contributed by atoms with van der Waals surface area (Å²) in [6, 6.07) is 2.26. The summed E-state index contributed by atoms with van der Waals surface area (Å²) in [6.07, 6.45) is 2.64. The fourth-order valence-electron chi connectivity index (χ4n) is 2.44. The van der Waals surface area contributed by atoms with Gasteiger partial charge >= 0.3 is 0 Å². The van der Waals surface area contributed by atoms with E-state index in [0.29, 0.717) is 17.7 Å². The zero-order chi connectivity index (χ0) is 12.3. The lowest BCUT2D eigenvalue weighted by molar-refractivity contribution is 0.0640. The highest BCUT2D eigenvalue weighted by Crippen LogP contribution is 2.18. The zero-order valence-corrected chi connectivity index (χ0v) is 10.4. The fraction of sp³-hybridized carbons (Fsp3) is 0.667. The Hall–Kier alpha value is -1.36. The molecule has 5 heteroatoms. The second-order valence-corrected chi connectivity index (χ2v) is 4.65. The molecule has 2 unspecified atom stereocenters. The number of aromatic amines is 1. The van der Waals surface area contributed by atoms with Crippen LogP contribution in [0.1, 0.15) is 30.8 Å². The summed E-state index contributed by atoms with van der Waals surface area (Å²) in [5.41, 5.74) is 0.583. The van der Waals surface area contributed by atoms with Gasteiger partial charge < -0.3 is 10.2 Å². The Morgan fingerprint density at radius 3 is 3.12 bits per heavy atom. The molecule has 0 bridgehead atoms. The van der Waals surface area contributed by atoms with Gasteiger partial charge in [-0.15, -0.1) is 0 Å². The second kappa shape index (κ2) is 5.31. The number of piperidine rings is 1. The Morgan fingerprint density at radius 1 is 1.71 bits per heavy atom. The van der Waals surface area contributed by atoms with Crippen molar-refractivity contribution >= 4 is 5.91 Å². The first-order valence-electron chi connectivity index (χ1n) is 6.24. The lowest BCUT2D eigenvalue weighted by Gasteiger charge is -2.37. The van der Waals surface area contributed by atoms with E-state index in [0.717, 1.165) is 26.1 Å².